The van der Waals surface area contributed by atoms with Gasteiger partial charge in [-0.05, 0) is 38.0 Å². The van der Waals surface area contributed by atoms with Crippen LogP contribution in [0.3, 0.4) is 0 Å². The Morgan fingerprint density at radius 2 is 2.07 bits per heavy atom. The van der Waals surface area contributed by atoms with Gasteiger partial charge in [0.1, 0.15) is 0 Å². The molecule has 2 unspecified atom stereocenters. The molecule has 2 aromatic heterocycles. The van der Waals surface area contributed by atoms with Crippen LogP contribution in [0.5, 0.6) is 0 Å². The van der Waals surface area contributed by atoms with Gasteiger partial charge in [-0.3, -0.25) is 5.41 Å². The van der Waals surface area contributed by atoms with Crippen molar-refractivity contribution in [2.24, 2.45) is 5.73 Å². The maximum Gasteiger partial charge on any atom is 0.227 e. The van der Waals surface area contributed by atoms with Crippen molar-refractivity contribution < 1.29 is 0 Å². The highest BCUT2D eigenvalue weighted by atomic mass is 35.5. The van der Waals surface area contributed by atoms with Crippen molar-refractivity contribution in [1.29, 1.82) is 5.41 Å². The van der Waals surface area contributed by atoms with Gasteiger partial charge in [0.15, 0.2) is 22.9 Å². The molecule has 6 N–H and O–H groups in total. The minimum atomic E-state index is -0.0163. The average molecular weight is 428 g/mol. The molecule has 30 heavy (non-hydrogen) atoms. The molecule has 1 fully saturated rings. The van der Waals surface area contributed by atoms with Crippen molar-refractivity contribution in [3.8, 4) is 0 Å². The van der Waals surface area contributed by atoms with Crippen LogP contribution < -0.4 is 21.7 Å². The van der Waals surface area contributed by atoms with E-state index in [4.69, 9.17) is 32.7 Å². The number of hydrogen-bond acceptors (Lipinski definition) is 6. The molecule has 158 valence electrons. The summed E-state index contributed by atoms with van der Waals surface area (Å²) < 4.78 is 1.98. The lowest BCUT2D eigenvalue weighted by atomic mass is 9.90. The van der Waals surface area contributed by atoms with Crippen LogP contribution in [0.25, 0.3) is 11.2 Å². The summed E-state index contributed by atoms with van der Waals surface area (Å²) in [6, 6.07) is 7.62. The van der Waals surface area contributed by atoms with Gasteiger partial charge in [-0.15, -0.1) is 0 Å². The molecule has 1 aromatic carbocycles. The molecule has 0 bridgehead atoms. The number of nitrogens with zero attached hydrogens (tertiary/aromatic N) is 4. The van der Waals surface area contributed by atoms with Crippen molar-refractivity contribution in [2.75, 3.05) is 10.6 Å². The molecule has 4 rings (SSSR count). The Morgan fingerprint density at radius 1 is 1.27 bits per heavy atom. The SMILES string of the molecule is CCn1cnc2c(Nc3cccc(Cl)c3)nc(NC3CCCCC3NC(=N)N)nc21. The molecule has 2 heterocycles. The number of benzene rings is 1. The highest BCUT2D eigenvalue weighted by Crippen LogP contribution is 2.27. The molecule has 0 spiro atoms. The van der Waals surface area contributed by atoms with E-state index >= 15 is 0 Å². The second-order valence-electron chi connectivity index (χ2n) is 7.43. The predicted octanol–water partition coefficient (Wildman–Crippen LogP) is 3.45. The first-order valence-corrected chi connectivity index (χ1v) is 10.5. The van der Waals surface area contributed by atoms with Gasteiger partial charge < -0.3 is 26.3 Å². The number of nitrogens with one attached hydrogen (secondary N) is 4. The minimum absolute atomic E-state index is 0.0163. The third-order valence-corrected chi connectivity index (χ3v) is 5.55. The third kappa shape index (κ3) is 4.40. The van der Waals surface area contributed by atoms with Crippen LogP contribution in [0.4, 0.5) is 17.5 Å². The van der Waals surface area contributed by atoms with E-state index in [1.165, 1.54) is 0 Å². The largest absolute Gasteiger partial charge is 0.370 e. The van der Waals surface area contributed by atoms with Crippen LogP contribution >= 0.6 is 11.6 Å². The zero-order valence-corrected chi connectivity index (χ0v) is 17.6. The number of anilines is 3. The Hall–Kier alpha value is -3.07. The Labute approximate surface area is 180 Å². The standard InChI is InChI=1S/C20H26ClN9/c1-2-30-11-24-16-17(25-13-7-5-6-12(21)10-13)28-20(29-18(16)30)27-15-9-4-3-8-14(15)26-19(22)23/h5-7,10-11,14-15H,2-4,8-9H2,1H3,(H4,22,23,26)(H2,25,27,28,29). The van der Waals surface area contributed by atoms with Crippen molar-refractivity contribution >= 4 is 46.2 Å². The number of aryl methyl sites for hydroxylation is 1. The molecule has 0 aliphatic heterocycles. The maximum atomic E-state index is 7.59. The molecular weight excluding hydrogens is 402 g/mol. The van der Waals surface area contributed by atoms with Gasteiger partial charge >= 0.3 is 0 Å². The van der Waals surface area contributed by atoms with Crippen LogP contribution in [0.1, 0.15) is 32.6 Å². The number of halogens is 1. The first-order chi connectivity index (χ1) is 14.5. The number of fused-ring (bicyclic) bond motifs is 1. The fourth-order valence-electron chi connectivity index (χ4n) is 3.87. The second kappa shape index (κ2) is 8.74. The molecule has 0 amide bonds. The van der Waals surface area contributed by atoms with Crippen molar-refractivity contribution in [3.05, 3.63) is 35.6 Å². The van der Waals surface area contributed by atoms with E-state index in [0.29, 0.717) is 22.3 Å². The highest BCUT2D eigenvalue weighted by molar-refractivity contribution is 6.30. The molecule has 3 aromatic rings. The van der Waals surface area contributed by atoms with E-state index in [-0.39, 0.29) is 18.0 Å². The second-order valence-corrected chi connectivity index (χ2v) is 7.87. The number of guanidine groups is 1. The molecule has 1 aliphatic carbocycles. The summed E-state index contributed by atoms with van der Waals surface area (Å²) in [7, 11) is 0. The molecule has 0 saturated heterocycles. The number of rotatable bonds is 6. The summed E-state index contributed by atoms with van der Waals surface area (Å²) in [6.07, 6.45) is 5.88. The zero-order valence-electron chi connectivity index (χ0n) is 16.8. The number of hydrogen-bond donors (Lipinski definition) is 5. The molecular formula is C20H26ClN9. The molecule has 1 saturated carbocycles. The van der Waals surface area contributed by atoms with Gasteiger partial charge in [-0.1, -0.05) is 30.5 Å². The molecule has 2 atom stereocenters. The summed E-state index contributed by atoms with van der Waals surface area (Å²) in [5.74, 6) is 1.12. The van der Waals surface area contributed by atoms with Crippen LogP contribution in [0, 0.1) is 5.41 Å². The number of aromatic nitrogens is 4. The summed E-state index contributed by atoms with van der Waals surface area (Å²) in [6.45, 7) is 2.80. The molecule has 9 nitrogen and oxygen atoms in total. The van der Waals surface area contributed by atoms with Crippen LogP contribution in [0.15, 0.2) is 30.6 Å². The maximum absolute atomic E-state index is 7.59. The van der Waals surface area contributed by atoms with E-state index < -0.39 is 0 Å². The summed E-state index contributed by atoms with van der Waals surface area (Å²) >= 11 is 6.13. The van der Waals surface area contributed by atoms with Crippen molar-refractivity contribution in [2.45, 2.75) is 51.2 Å². The summed E-state index contributed by atoms with van der Waals surface area (Å²) in [5, 5.41) is 18.1. The van der Waals surface area contributed by atoms with E-state index in [2.05, 4.69) is 20.9 Å². The van der Waals surface area contributed by atoms with Crippen LogP contribution in [0.2, 0.25) is 5.02 Å². The van der Waals surface area contributed by atoms with E-state index in [0.717, 1.165) is 43.6 Å². The van der Waals surface area contributed by atoms with Crippen molar-refractivity contribution in [3.63, 3.8) is 0 Å². The first kappa shape index (κ1) is 20.2. The monoisotopic (exact) mass is 427 g/mol. The average Bonchev–Trinajstić information content (AvgIpc) is 3.12. The van der Waals surface area contributed by atoms with E-state index in [1.807, 2.05) is 35.8 Å². The smallest absolute Gasteiger partial charge is 0.227 e. The quantitative estimate of drug-likeness (QED) is 0.301. The first-order valence-electron chi connectivity index (χ1n) is 10.2. The fourth-order valence-corrected chi connectivity index (χ4v) is 4.06. The van der Waals surface area contributed by atoms with Gasteiger partial charge in [0, 0.05) is 29.3 Å². The Bertz CT molecular complexity index is 1050. The van der Waals surface area contributed by atoms with Crippen LogP contribution in [-0.2, 0) is 6.54 Å². The lowest BCUT2D eigenvalue weighted by molar-refractivity contribution is 0.376. The minimum Gasteiger partial charge on any atom is -0.370 e. The van der Waals surface area contributed by atoms with Gasteiger partial charge in [0.25, 0.3) is 0 Å². The van der Waals surface area contributed by atoms with Gasteiger partial charge in [0.2, 0.25) is 5.95 Å². The topological polar surface area (TPSA) is 130 Å². The molecule has 0 radical (unpaired) electrons. The number of imidazole rings is 1. The van der Waals surface area contributed by atoms with Gasteiger partial charge in [-0.2, -0.15) is 9.97 Å². The lowest BCUT2D eigenvalue weighted by Gasteiger charge is -2.32. The van der Waals surface area contributed by atoms with E-state index in [1.54, 1.807) is 6.33 Å². The number of nitrogens with two attached hydrogens (primary N) is 1. The third-order valence-electron chi connectivity index (χ3n) is 5.31. The summed E-state index contributed by atoms with van der Waals surface area (Å²) in [5.41, 5.74) is 7.86. The Morgan fingerprint density at radius 3 is 2.80 bits per heavy atom. The fraction of sp³-hybridized carbons (Fsp3) is 0.400. The Kier molecular flexibility index (Phi) is 5.89. The van der Waals surface area contributed by atoms with Crippen molar-refractivity contribution in [1.82, 2.24) is 24.8 Å². The summed E-state index contributed by atoms with van der Waals surface area (Å²) in [4.78, 5) is 14.0. The normalized spacial score (nSPS) is 18.9. The predicted molar refractivity (Wildman–Crippen MR) is 120 cm³/mol. The lowest BCUT2D eigenvalue weighted by Crippen LogP contribution is -2.50. The highest BCUT2D eigenvalue weighted by Gasteiger charge is 2.26. The zero-order chi connectivity index (χ0) is 21.1. The van der Waals surface area contributed by atoms with E-state index in [9.17, 15) is 0 Å². The molecule has 1 aliphatic rings. The van der Waals surface area contributed by atoms with Gasteiger partial charge in [-0.25, -0.2) is 4.98 Å². The van der Waals surface area contributed by atoms with Gasteiger partial charge in [0.05, 0.1) is 6.33 Å². The Balaban J connectivity index is 1.68. The van der Waals surface area contributed by atoms with Crippen LogP contribution in [-0.4, -0.2) is 37.6 Å². The molecule has 10 heteroatoms.